The Morgan fingerprint density at radius 2 is 1.75 bits per heavy atom. The topological polar surface area (TPSA) is 62.3 Å². The molecule has 3 aromatic rings. The van der Waals surface area contributed by atoms with Gasteiger partial charge in [-0.1, -0.05) is 61.9 Å². The van der Waals surface area contributed by atoms with E-state index >= 15 is 0 Å². The van der Waals surface area contributed by atoms with Gasteiger partial charge in [0.15, 0.2) is 0 Å². The fraction of sp³-hybridized carbons (Fsp3) is 0.370. The molecule has 0 saturated carbocycles. The van der Waals surface area contributed by atoms with Crippen LogP contribution in [0.4, 0.5) is 0 Å². The molecule has 0 bridgehead atoms. The highest BCUT2D eigenvalue weighted by Crippen LogP contribution is 2.25. The Labute approximate surface area is 189 Å². The van der Waals surface area contributed by atoms with Crippen molar-refractivity contribution >= 4 is 22.7 Å². The minimum Gasteiger partial charge on any atom is -0.349 e. The van der Waals surface area contributed by atoms with E-state index in [1.54, 1.807) is 0 Å². The van der Waals surface area contributed by atoms with E-state index in [1.165, 1.54) is 5.56 Å². The van der Waals surface area contributed by atoms with Crippen LogP contribution in [-0.4, -0.2) is 40.8 Å². The van der Waals surface area contributed by atoms with Crippen molar-refractivity contribution in [3.63, 3.8) is 0 Å². The van der Waals surface area contributed by atoms with Gasteiger partial charge in [0, 0.05) is 36.5 Å². The Morgan fingerprint density at radius 3 is 2.44 bits per heavy atom. The first-order valence-corrected chi connectivity index (χ1v) is 11.5. The van der Waals surface area contributed by atoms with Gasteiger partial charge in [-0.2, -0.15) is 0 Å². The van der Waals surface area contributed by atoms with Gasteiger partial charge in [0.1, 0.15) is 0 Å². The molecule has 32 heavy (non-hydrogen) atoms. The number of aryl methyl sites for hydroxylation is 1. The van der Waals surface area contributed by atoms with Crippen molar-refractivity contribution < 1.29 is 9.59 Å². The van der Waals surface area contributed by atoms with Crippen molar-refractivity contribution in [2.45, 2.75) is 46.1 Å². The second-order valence-corrected chi connectivity index (χ2v) is 9.16. The highest BCUT2D eigenvalue weighted by atomic mass is 16.2. The molecule has 5 heteroatoms. The molecule has 1 aromatic heterocycles. The molecule has 166 valence electrons. The standard InChI is InChI=1S/C27H31N3O2/c1-18(2)16-26(31)30-14-12-21(13-15-30)28-27(32)23-17-25(20-10-8-19(3)9-11-20)29-24-7-5-4-6-22(23)24/h4-11,17-18,21H,12-16H2,1-3H3,(H,28,32). The molecular weight excluding hydrogens is 398 g/mol. The number of carbonyl (C=O) groups excluding carboxylic acids is 2. The summed E-state index contributed by atoms with van der Waals surface area (Å²) in [5.74, 6) is 0.499. The molecule has 0 radical (unpaired) electrons. The number of benzene rings is 2. The fourth-order valence-corrected chi connectivity index (χ4v) is 4.25. The molecule has 4 rings (SSSR count). The van der Waals surface area contributed by atoms with Gasteiger partial charge in [0.25, 0.3) is 5.91 Å². The molecule has 2 aromatic carbocycles. The van der Waals surface area contributed by atoms with Gasteiger partial charge < -0.3 is 10.2 Å². The maximum Gasteiger partial charge on any atom is 0.252 e. The average Bonchev–Trinajstić information content (AvgIpc) is 2.78. The van der Waals surface area contributed by atoms with Gasteiger partial charge in [-0.3, -0.25) is 9.59 Å². The largest absolute Gasteiger partial charge is 0.349 e. The number of carbonyl (C=O) groups is 2. The second kappa shape index (κ2) is 9.51. The maximum atomic E-state index is 13.3. The number of nitrogens with zero attached hydrogens (tertiary/aromatic N) is 2. The molecule has 1 aliphatic heterocycles. The molecule has 1 saturated heterocycles. The van der Waals surface area contributed by atoms with Gasteiger partial charge in [0.2, 0.25) is 5.91 Å². The van der Waals surface area contributed by atoms with E-state index in [0.29, 0.717) is 31.0 Å². The van der Waals surface area contributed by atoms with Crippen LogP contribution in [0.25, 0.3) is 22.2 Å². The number of likely N-dealkylation sites (tertiary alicyclic amines) is 1. The SMILES string of the molecule is Cc1ccc(-c2cc(C(=O)NC3CCN(C(=O)CC(C)C)CC3)c3ccccc3n2)cc1. The molecule has 0 aliphatic carbocycles. The first-order chi connectivity index (χ1) is 15.4. The minimum atomic E-state index is -0.0797. The number of hydrogen-bond acceptors (Lipinski definition) is 3. The molecule has 0 atom stereocenters. The van der Waals surface area contributed by atoms with Crippen LogP contribution in [-0.2, 0) is 4.79 Å². The van der Waals surface area contributed by atoms with Gasteiger partial charge >= 0.3 is 0 Å². The van der Waals surface area contributed by atoms with Gasteiger partial charge in [0.05, 0.1) is 16.8 Å². The minimum absolute atomic E-state index is 0.0698. The average molecular weight is 430 g/mol. The summed E-state index contributed by atoms with van der Waals surface area (Å²) < 4.78 is 0. The van der Waals surface area contributed by atoms with Crippen LogP contribution in [0.3, 0.4) is 0 Å². The Kier molecular flexibility index (Phi) is 6.54. The highest BCUT2D eigenvalue weighted by molar-refractivity contribution is 6.07. The molecule has 0 unspecified atom stereocenters. The molecule has 2 amide bonds. The molecule has 1 fully saturated rings. The second-order valence-electron chi connectivity index (χ2n) is 9.16. The van der Waals surface area contributed by atoms with E-state index in [0.717, 1.165) is 35.0 Å². The first kappa shape index (κ1) is 22.0. The summed E-state index contributed by atoms with van der Waals surface area (Å²) in [6.07, 6.45) is 2.15. The van der Waals surface area contributed by atoms with Crippen LogP contribution in [0.15, 0.2) is 54.6 Å². The molecule has 1 N–H and O–H groups in total. The number of pyridine rings is 1. The Morgan fingerprint density at radius 1 is 1.06 bits per heavy atom. The molecule has 1 aliphatic rings. The van der Waals surface area contributed by atoms with Crippen molar-refractivity contribution in [2.75, 3.05) is 13.1 Å². The lowest BCUT2D eigenvalue weighted by atomic mass is 10.0. The van der Waals surface area contributed by atoms with Crippen LogP contribution < -0.4 is 5.32 Å². The smallest absolute Gasteiger partial charge is 0.252 e. The number of hydrogen-bond donors (Lipinski definition) is 1. The van der Waals surface area contributed by atoms with Crippen molar-refractivity contribution in [3.05, 3.63) is 65.7 Å². The summed E-state index contributed by atoms with van der Waals surface area (Å²) in [5.41, 5.74) is 4.43. The lowest BCUT2D eigenvalue weighted by molar-refractivity contribution is -0.133. The summed E-state index contributed by atoms with van der Waals surface area (Å²) in [6, 6.07) is 17.9. The number of aromatic nitrogens is 1. The van der Waals surface area contributed by atoms with Crippen molar-refractivity contribution in [1.82, 2.24) is 15.2 Å². The summed E-state index contributed by atoms with van der Waals surface area (Å²) in [7, 11) is 0. The molecular formula is C27H31N3O2. The third kappa shape index (κ3) is 4.98. The Bertz CT molecular complexity index is 1110. The van der Waals surface area contributed by atoms with Crippen molar-refractivity contribution in [2.24, 2.45) is 5.92 Å². The third-order valence-corrected chi connectivity index (χ3v) is 6.07. The zero-order valence-corrected chi connectivity index (χ0v) is 19.1. The normalized spacial score (nSPS) is 14.7. The number of para-hydroxylation sites is 1. The Hall–Kier alpha value is -3.21. The van der Waals surface area contributed by atoms with Crippen LogP contribution in [0.5, 0.6) is 0 Å². The first-order valence-electron chi connectivity index (χ1n) is 11.5. The lowest BCUT2D eigenvalue weighted by Gasteiger charge is -2.33. The van der Waals surface area contributed by atoms with Crippen LogP contribution in [0, 0.1) is 12.8 Å². The van der Waals surface area contributed by atoms with Crippen molar-refractivity contribution in [1.29, 1.82) is 0 Å². The maximum absolute atomic E-state index is 13.3. The summed E-state index contributed by atoms with van der Waals surface area (Å²) in [5, 5.41) is 4.06. The van der Waals surface area contributed by atoms with E-state index < -0.39 is 0 Å². The van der Waals surface area contributed by atoms with Crippen LogP contribution in [0.2, 0.25) is 0 Å². The van der Waals surface area contributed by atoms with Crippen LogP contribution >= 0.6 is 0 Å². The zero-order valence-electron chi connectivity index (χ0n) is 19.1. The van der Waals surface area contributed by atoms with Gasteiger partial charge in [-0.15, -0.1) is 0 Å². The van der Waals surface area contributed by atoms with E-state index in [9.17, 15) is 9.59 Å². The monoisotopic (exact) mass is 429 g/mol. The predicted molar refractivity (Wildman–Crippen MR) is 128 cm³/mol. The van der Waals surface area contributed by atoms with Crippen LogP contribution in [0.1, 0.15) is 49.0 Å². The number of nitrogens with one attached hydrogen (secondary N) is 1. The van der Waals surface area contributed by atoms with Gasteiger partial charge in [-0.05, 0) is 37.8 Å². The summed E-state index contributed by atoms with van der Waals surface area (Å²) in [6.45, 7) is 7.58. The third-order valence-electron chi connectivity index (χ3n) is 6.07. The highest BCUT2D eigenvalue weighted by Gasteiger charge is 2.25. The van der Waals surface area contributed by atoms with Crippen molar-refractivity contribution in [3.8, 4) is 11.3 Å². The number of fused-ring (bicyclic) bond motifs is 1. The zero-order chi connectivity index (χ0) is 22.7. The van der Waals surface area contributed by atoms with E-state index in [1.807, 2.05) is 47.4 Å². The summed E-state index contributed by atoms with van der Waals surface area (Å²) >= 11 is 0. The number of rotatable bonds is 5. The Balaban J connectivity index is 1.52. The molecule has 0 spiro atoms. The fourth-order valence-electron chi connectivity index (χ4n) is 4.25. The van der Waals surface area contributed by atoms with E-state index in [4.69, 9.17) is 4.98 Å². The number of piperidine rings is 1. The summed E-state index contributed by atoms with van der Waals surface area (Å²) in [4.78, 5) is 32.4. The lowest BCUT2D eigenvalue weighted by Crippen LogP contribution is -2.46. The molecule has 2 heterocycles. The van der Waals surface area contributed by atoms with E-state index in [2.05, 4.69) is 38.2 Å². The van der Waals surface area contributed by atoms with E-state index in [-0.39, 0.29) is 17.9 Å². The predicted octanol–water partition coefficient (Wildman–Crippen LogP) is 4.98. The number of amides is 2. The van der Waals surface area contributed by atoms with Gasteiger partial charge in [-0.25, -0.2) is 4.98 Å². The molecule has 5 nitrogen and oxygen atoms in total. The quantitative estimate of drug-likeness (QED) is 0.622.